The van der Waals surface area contributed by atoms with E-state index in [1.807, 2.05) is 24.6 Å². The third-order valence-corrected chi connectivity index (χ3v) is 9.74. The first kappa shape index (κ1) is 31.3. The number of nitrogens with two attached hydrogens (primary N) is 1. The molecule has 3 atom stereocenters. The Morgan fingerprint density at radius 3 is 2.87 bits per heavy atom. The van der Waals surface area contributed by atoms with Crippen LogP contribution in [0.4, 0.5) is 0 Å². The third-order valence-electron chi connectivity index (χ3n) is 8.87. The number of carbonyl (C=O) groups excluding carboxylic acids is 2. The van der Waals surface area contributed by atoms with Crippen LogP contribution in [0.5, 0.6) is 0 Å². The van der Waals surface area contributed by atoms with Gasteiger partial charge in [0.2, 0.25) is 0 Å². The Kier molecular flexibility index (Phi) is 8.80. The molecule has 1 amide bonds. The summed E-state index contributed by atoms with van der Waals surface area (Å²) in [4.78, 5) is 36.2. The average molecular weight is 631 g/mol. The van der Waals surface area contributed by atoms with Crippen LogP contribution in [0.2, 0.25) is 0 Å². The van der Waals surface area contributed by atoms with Crippen LogP contribution in [0.3, 0.4) is 0 Å². The van der Waals surface area contributed by atoms with E-state index in [9.17, 15) is 9.59 Å². The van der Waals surface area contributed by atoms with Gasteiger partial charge in [0.1, 0.15) is 6.04 Å². The second-order valence-corrected chi connectivity index (χ2v) is 13.8. The number of hydrogen-bond donors (Lipinski definition) is 2. The van der Waals surface area contributed by atoms with E-state index in [0.717, 1.165) is 50.7 Å². The second-order valence-electron chi connectivity index (χ2n) is 12.8. The Morgan fingerprint density at radius 2 is 2.09 bits per heavy atom. The van der Waals surface area contributed by atoms with Crippen molar-refractivity contribution >= 4 is 34.1 Å². The van der Waals surface area contributed by atoms with Gasteiger partial charge in [0, 0.05) is 65.6 Å². The summed E-state index contributed by atoms with van der Waals surface area (Å²) in [6, 6.07) is 9.19. The Labute approximate surface area is 267 Å². The number of hydrazine groups is 1. The molecule has 1 fully saturated rings. The lowest BCUT2D eigenvalue weighted by Crippen LogP contribution is -2.59. The van der Waals surface area contributed by atoms with E-state index >= 15 is 0 Å². The van der Waals surface area contributed by atoms with E-state index in [4.69, 9.17) is 25.2 Å². The fourth-order valence-electron chi connectivity index (χ4n) is 6.48. The molecule has 6 rings (SSSR count). The molecule has 1 saturated heterocycles. The summed E-state index contributed by atoms with van der Waals surface area (Å²) in [5.74, 6) is -0.607. The Bertz CT molecular complexity index is 1730. The zero-order valence-electron chi connectivity index (χ0n) is 26.6. The highest BCUT2D eigenvalue weighted by Gasteiger charge is 2.34. The number of aromatic nitrogens is 3. The highest BCUT2D eigenvalue weighted by molar-refractivity contribution is 7.10. The fraction of sp³-hybridized carbons (Fsp3) is 0.471. The van der Waals surface area contributed by atoms with Crippen LogP contribution in [-0.4, -0.2) is 63.8 Å². The fourth-order valence-corrected chi connectivity index (χ4v) is 7.34. The quantitative estimate of drug-likeness (QED) is 0.301. The molecule has 3 aromatic heterocycles. The number of nitrogens with one attached hydrogen (secondary N) is 1. The molecule has 6 bridgehead atoms. The van der Waals surface area contributed by atoms with Gasteiger partial charge in [0.05, 0.1) is 40.8 Å². The van der Waals surface area contributed by atoms with E-state index in [0.29, 0.717) is 32.2 Å². The van der Waals surface area contributed by atoms with Crippen LogP contribution >= 0.6 is 11.3 Å². The molecule has 0 radical (unpaired) electrons. The largest absolute Gasteiger partial charge is 0.464 e. The maximum Gasteiger partial charge on any atom is 0.324 e. The predicted molar refractivity (Wildman–Crippen MR) is 175 cm³/mol. The Hall–Kier alpha value is -3.64. The number of cyclic esters (lactones) is 1. The number of nitrogens with zero attached hydrogens (tertiary/aromatic N) is 4. The molecule has 2 aliphatic rings. The van der Waals surface area contributed by atoms with Crippen molar-refractivity contribution in [3.8, 4) is 22.5 Å². The van der Waals surface area contributed by atoms with Gasteiger partial charge in [0.15, 0.2) is 0 Å². The molecular weight excluding hydrogens is 588 g/mol. The lowest BCUT2D eigenvalue weighted by atomic mass is 9.84. The first-order chi connectivity index (χ1) is 21.6. The summed E-state index contributed by atoms with van der Waals surface area (Å²) in [6.07, 6.45) is 3.85. The Balaban J connectivity index is 1.53. The van der Waals surface area contributed by atoms with Gasteiger partial charge in [-0.05, 0) is 62.9 Å². The molecule has 238 valence electrons. The van der Waals surface area contributed by atoms with Gasteiger partial charge < -0.3 is 19.8 Å². The van der Waals surface area contributed by atoms with E-state index in [1.165, 1.54) is 21.9 Å². The minimum absolute atomic E-state index is 0.199. The second kappa shape index (κ2) is 12.6. The van der Waals surface area contributed by atoms with Crippen LogP contribution in [0.1, 0.15) is 62.9 Å². The van der Waals surface area contributed by atoms with Crippen molar-refractivity contribution in [2.75, 3.05) is 20.3 Å². The number of ether oxygens (including phenoxy) is 2. The molecule has 3 unspecified atom stereocenters. The maximum atomic E-state index is 13.3. The number of fused-ring (bicyclic) bond motifs is 6. The number of esters is 1. The number of pyridine rings is 1. The molecule has 0 aliphatic carbocycles. The number of aryl methyl sites for hydroxylation is 1. The molecule has 2 aliphatic heterocycles. The summed E-state index contributed by atoms with van der Waals surface area (Å²) < 4.78 is 14.1. The zero-order valence-corrected chi connectivity index (χ0v) is 27.4. The smallest absolute Gasteiger partial charge is 0.324 e. The lowest BCUT2D eigenvalue weighted by Gasteiger charge is -2.34. The molecule has 1 aromatic carbocycles. The number of hydrogen-bond acceptors (Lipinski definition) is 9. The summed E-state index contributed by atoms with van der Waals surface area (Å²) in [5, 5.41) is 5.43. The normalized spacial score (nSPS) is 21.4. The predicted octanol–water partition coefficient (Wildman–Crippen LogP) is 5.05. The van der Waals surface area contributed by atoms with Crippen molar-refractivity contribution in [3.05, 3.63) is 58.2 Å². The maximum absolute atomic E-state index is 13.3. The van der Waals surface area contributed by atoms with Crippen molar-refractivity contribution < 1.29 is 19.1 Å². The summed E-state index contributed by atoms with van der Waals surface area (Å²) in [6.45, 7) is 9.89. The number of rotatable bonds is 4. The zero-order chi connectivity index (χ0) is 31.9. The van der Waals surface area contributed by atoms with Crippen molar-refractivity contribution in [3.63, 3.8) is 0 Å². The minimum atomic E-state index is -0.775. The summed E-state index contributed by atoms with van der Waals surface area (Å²) in [5.41, 5.74) is 16.2. The molecule has 5 heterocycles. The SMILES string of the molecule is CCn1c(-c2cccnc2C(C)OC)c2c3cc(ccc31)-c1csc(n1)CC(N)C(=O)N1CCCC(N1)C(=O)OCC(C)(C)C2. The average Bonchev–Trinajstić information content (AvgIpc) is 3.64. The van der Waals surface area contributed by atoms with E-state index in [1.54, 1.807) is 7.11 Å². The van der Waals surface area contributed by atoms with Gasteiger partial charge >= 0.3 is 5.97 Å². The van der Waals surface area contributed by atoms with Crippen LogP contribution < -0.4 is 11.2 Å². The number of carbonyl (C=O) groups is 2. The first-order valence-corrected chi connectivity index (χ1v) is 16.6. The summed E-state index contributed by atoms with van der Waals surface area (Å²) >= 11 is 1.51. The first-order valence-electron chi connectivity index (χ1n) is 15.7. The Morgan fingerprint density at radius 1 is 1.27 bits per heavy atom. The van der Waals surface area contributed by atoms with Gasteiger partial charge in [-0.15, -0.1) is 11.3 Å². The van der Waals surface area contributed by atoms with E-state index in [2.05, 4.69) is 55.0 Å². The topological polar surface area (TPSA) is 125 Å². The van der Waals surface area contributed by atoms with Gasteiger partial charge in [-0.3, -0.25) is 19.6 Å². The molecule has 11 heteroatoms. The molecule has 4 aromatic rings. The van der Waals surface area contributed by atoms with Gasteiger partial charge in [-0.25, -0.2) is 10.4 Å². The van der Waals surface area contributed by atoms with Crippen molar-refractivity contribution in [2.24, 2.45) is 11.1 Å². The van der Waals surface area contributed by atoms with Crippen molar-refractivity contribution in [1.82, 2.24) is 25.0 Å². The minimum Gasteiger partial charge on any atom is -0.464 e. The highest BCUT2D eigenvalue weighted by Crippen LogP contribution is 2.42. The lowest BCUT2D eigenvalue weighted by molar-refractivity contribution is -0.154. The summed E-state index contributed by atoms with van der Waals surface area (Å²) in [7, 11) is 1.70. The van der Waals surface area contributed by atoms with Crippen LogP contribution in [0, 0.1) is 5.41 Å². The van der Waals surface area contributed by atoms with Crippen LogP contribution in [0.15, 0.2) is 41.9 Å². The van der Waals surface area contributed by atoms with Gasteiger partial charge in [-0.1, -0.05) is 19.9 Å². The van der Waals surface area contributed by atoms with E-state index in [-0.39, 0.29) is 24.6 Å². The molecule has 45 heavy (non-hydrogen) atoms. The number of methoxy groups -OCH3 is 1. The molecular formula is C34H42N6O4S. The number of thiazole rings is 1. The van der Waals surface area contributed by atoms with Gasteiger partial charge in [-0.2, -0.15) is 0 Å². The van der Waals surface area contributed by atoms with Crippen molar-refractivity contribution in [2.45, 2.75) is 78.1 Å². The van der Waals surface area contributed by atoms with Crippen molar-refractivity contribution in [1.29, 1.82) is 0 Å². The van der Waals surface area contributed by atoms with Crippen LogP contribution in [0.25, 0.3) is 33.4 Å². The standard InChI is InChI=1S/C34H42N6O4S/c1-6-39-28-12-11-21-15-23(28)24(31(39)22-9-7-13-36-30(22)20(2)43-5)17-34(3,4)19-44-33(42)26-10-8-14-40(38-26)32(41)25(35)16-29-37-27(21)18-45-29/h7,9,11-13,15,18,20,25-26,38H,6,8,10,14,16-17,19,35H2,1-5H3. The highest BCUT2D eigenvalue weighted by atomic mass is 32.1. The third kappa shape index (κ3) is 6.14. The number of amides is 1. The van der Waals surface area contributed by atoms with Gasteiger partial charge in [0.25, 0.3) is 5.91 Å². The molecule has 10 nitrogen and oxygen atoms in total. The number of benzene rings is 1. The van der Waals surface area contributed by atoms with E-state index < -0.39 is 17.5 Å². The molecule has 0 saturated carbocycles. The molecule has 3 N–H and O–H groups in total. The monoisotopic (exact) mass is 630 g/mol. The van der Waals surface area contributed by atoms with Crippen LogP contribution in [-0.2, 0) is 38.4 Å². The molecule has 0 spiro atoms.